The molecule has 2 N–H and O–H groups in total. The molecule has 0 heterocycles. The zero-order valence-electron chi connectivity index (χ0n) is 5.84. The Morgan fingerprint density at radius 1 is 1.64 bits per heavy atom. The zero-order valence-corrected chi connectivity index (χ0v) is 5.84. The molecular weight excluding hydrogens is 152 g/mol. The van der Waals surface area contributed by atoms with Gasteiger partial charge in [-0.25, -0.2) is 0 Å². The summed E-state index contributed by atoms with van der Waals surface area (Å²) in [6.45, 7) is -2.73. The summed E-state index contributed by atoms with van der Waals surface area (Å²) >= 11 is 0. The number of ether oxygens (including phenoxy) is 1. The first-order chi connectivity index (χ1) is 5.18. The lowest BCUT2D eigenvalue weighted by molar-refractivity contribution is -0.149. The summed E-state index contributed by atoms with van der Waals surface area (Å²) in [5.41, 5.74) is 5.82. The normalized spacial score (nSPS) is 23.9. The Morgan fingerprint density at radius 3 is 2.91 bits per heavy atom. The summed E-state index contributed by atoms with van der Waals surface area (Å²) in [5.74, 6) is 0. The Hall–Kier alpha value is -0.900. The smallest absolute Gasteiger partial charge is 0.345 e. The summed E-state index contributed by atoms with van der Waals surface area (Å²) in [5, 5.41) is 0. The van der Waals surface area contributed by atoms with Crippen LogP contribution >= 0.6 is 0 Å². The highest BCUT2D eigenvalue weighted by molar-refractivity contribution is 5.21. The van der Waals surface area contributed by atoms with Crippen LogP contribution in [0.2, 0.25) is 0 Å². The maximum atomic E-state index is 11.6. The standard InChI is InChI=1S/C7H9F2NO/c8-7(9)11-6-3-1-2-5(10)4-6/h1-2,4,6-7H,3,10H2. The molecule has 0 spiro atoms. The molecule has 0 amide bonds. The minimum Gasteiger partial charge on any atom is -0.399 e. The number of hydrogen-bond donors (Lipinski definition) is 1. The summed E-state index contributed by atoms with van der Waals surface area (Å²) in [7, 11) is 0. The Labute approximate surface area is 63.3 Å². The highest BCUT2D eigenvalue weighted by Crippen LogP contribution is 2.13. The number of halogens is 2. The topological polar surface area (TPSA) is 35.2 Å². The number of allylic oxidation sites excluding steroid dienone is 1. The van der Waals surface area contributed by atoms with Gasteiger partial charge in [0.05, 0.1) is 6.10 Å². The van der Waals surface area contributed by atoms with Gasteiger partial charge in [-0.05, 0) is 18.6 Å². The summed E-state index contributed by atoms with van der Waals surface area (Å²) in [6, 6.07) is 0. The van der Waals surface area contributed by atoms with Crippen molar-refractivity contribution in [1.82, 2.24) is 0 Å². The van der Waals surface area contributed by atoms with Crippen LogP contribution in [0.4, 0.5) is 8.78 Å². The van der Waals surface area contributed by atoms with E-state index in [2.05, 4.69) is 4.74 Å². The largest absolute Gasteiger partial charge is 0.399 e. The van der Waals surface area contributed by atoms with E-state index < -0.39 is 12.7 Å². The first-order valence-electron chi connectivity index (χ1n) is 3.26. The molecule has 0 fully saturated rings. The van der Waals surface area contributed by atoms with Crippen LogP contribution in [0.5, 0.6) is 0 Å². The van der Waals surface area contributed by atoms with E-state index in [-0.39, 0.29) is 0 Å². The molecule has 2 nitrogen and oxygen atoms in total. The second-order valence-corrected chi connectivity index (χ2v) is 2.24. The molecule has 1 aliphatic rings. The molecule has 0 saturated heterocycles. The van der Waals surface area contributed by atoms with Crippen molar-refractivity contribution < 1.29 is 13.5 Å². The lowest BCUT2D eigenvalue weighted by Gasteiger charge is -2.14. The quantitative estimate of drug-likeness (QED) is 0.664. The van der Waals surface area contributed by atoms with E-state index in [1.165, 1.54) is 6.08 Å². The molecule has 11 heavy (non-hydrogen) atoms. The van der Waals surface area contributed by atoms with Gasteiger partial charge in [0.2, 0.25) is 0 Å². The highest BCUT2D eigenvalue weighted by Gasteiger charge is 2.13. The van der Waals surface area contributed by atoms with Crippen LogP contribution in [0.1, 0.15) is 6.42 Å². The maximum absolute atomic E-state index is 11.6. The minimum atomic E-state index is -2.73. The van der Waals surface area contributed by atoms with Crippen LogP contribution in [-0.4, -0.2) is 12.7 Å². The molecule has 0 aliphatic heterocycles. The monoisotopic (exact) mass is 161 g/mol. The van der Waals surface area contributed by atoms with Crippen molar-refractivity contribution in [1.29, 1.82) is 0 Å². The van der Waals surface area contributed by atoms with Gasteiger partial charge in [-0.2, -0.15) is 8.78 Å². The Kier molecular flexibility index (Phi) is 2.59. The molecular formula is C7H9F2NO. The van der Waals surface area contributed by atoms with Gasteiger partial charge >= 0.3 is 6.61 Å². The van der Waals surface area contributed by atoms with Crippen molar-refractivity contribution in [2.75, 3.05) is 0 Å². The summed E-state index contributed by atoms with van der Waals surface area (Å²) in [4.78, 5) is 0. The van der Waals surface area contributed by atoms with E-state index in [4.69, 9.17) is 5.73 Å². The van der Waals surface area contributed by atoms with Crippen LogP contribution in [0.25, 0.3) is 0 Å². The van der Waals surface area contributed by atoms with Gasteiger partial charge in [0, 0.05) is 5.70 Å². The predicted molar refractivity (Wildman–Crippen MR) is 36.9 cm³/mol. The highest BCUT2D eigenvalue weighted by atomic mass is 19.3. The molecule has 1 unspecified atom stereocenters. The molecule has 62 valence electrons. The molecule has 1 rings (SSSR count). The van der Waals surface area contributed by atoms with Gasteiger partial charge in [-0.3, -0.25) is 0 Å². The van der Waals surface area contributed by atoms with Crippen molar-refractivity contribution in [2.24, 2.45) is 5.73 Å². The fourth-order valence-corrected chi connectivity index (χ4v) is 0.903. The maximum Gasteiger partial charge on any atom is 0.345 e. The van der Waals surface area contributed by atoms with Crippen LogP contribution in [0.15, 0.2) is 23.9 Å². The third kappa shape index (κ3) is 2.67. The SMILES string of the molecule is NC1=CC(OC(F)F)CC=C1. The van der Waals surface area contributed by atoms with Crippen molar-refractivity contribution in [3.8, 4) is 0 Å². The van der Waals surface area contributed by atoms with E-state index in [1.807, 2.05) is 0 Å². The first kappa shape index (κ1) is 8.20. The number of alkyl halides is 2. The van der Waals surface area contributed by atoms with Gasteiger partial charge in [-0.15, -0.1) is 0 Å². The van der Waals surface area contributed by atoms with E-state index >= 15 is 0 Å². The predicted octanol–water partition coefficient (Wildman–Crippen LogP) is 1.40. The zero-order chi connectivity index (χ0) is 8.27. The van der Waals surface area contributed by atoms with E-state index in [0.717, 1.165) is 0 Å². The van der Waals surface area contributed by atoms with Crippen LogP contribution in [0, 0.1) is 0 Å². The average Bonchev–Trinajstić information content (AvgIpc) is 1.85. The summed E-state index contributed by atoms with van der Waals surface area (Å²) in [6.07, 6.45) is 4.75. The fourth-order valence-electron chi connectivity index (χ4n) is 0.903. The number of nitrogens with two attached hydrogens (primary N) is 1. The van der Waals surface area contributed by atoms with Crippen molar-refractivity contribution >= 4 is 0 Å². The molecule has 0 saturated carbocycles. The average molecular weight is 161 g/mol. The molecule has 0 aromatic heterocycles. The molecule has 0 radical (unpaired) electrons. The van der Waals surface area contributed by atoms with E-state index in [9.17, 15) is 8.78 Å². The first-order valence-corrected chi connectivity index (χ1v) is 3.26. The molecule has 0 aromatic carbocycles. The van der Waals surface area contributed by atoms with Crippen LogP contribution in [-0.2, 0) is 4.74 Å². The van der Waals surface area contributed by atoms with Gasteiger partial charge in [-0.1, -0.05) is 6.08 Å². The van der Waals surface area contributed by atoms with E-state index in [1.54, 1.807) is 12.2 Å². The van der Waals surface area contributed by atoms with Crippen molar-refractivity contribution in [3.05, 3.63) is 23.9 Å². The molecule has 4 heteroatoms. The van der Waals surface area contributed by atoms with Crippen molar-refractivity contribution in [2.45, 2.75) is 19.1 Å². The van der Waals surface area contributed by atoms with Crippen LogP contribution < -0.4 is 5.73 Å². The third-order valence-corrected chi connectivity index (χ3v) is 1.33. The molecule has 1 atom stereocenters. The van der Waals surface area contributed by atoms with Gasteiger partial charge in [0.15, 0.2) is 0 Å². The number of hydrogen-bond acceptors (Lipinski definition) is 2. The second kappa shape index (κ2) is 3.48. The lowest BCUT2D eigenvalue weighted by Crippen LogP contribution is -2.17. The molecule has 0 aromatic rings. The lowest BCUT2D eigenvalue weighted by atomic mass is 10.1. The number of rotatable bonds is 2. The van der Waals surface area contributed by atoms with Gasteiger partial charge < -0.3 is 10.5 Å². The Balaban J connectivity index is 2.44. The van der Waals surface area contributed by atoms with Gasteiger partial charge in [0.1, 0.15) is 0 Å². The van der Waals surface area contributed by atoms with Crippen molar-refractivity contribution in [3.63, 3.8) is 0 Å². The summed E-state index contributed by atoms with van der Waals surface area (Å²) < 4.78 is 27.5. The molecule has 0 bridgehead atoms. The third-order valence-electron chi connectivity index (χ3n) is 1.33. The fraction of sp³-hybridized carbons (Fsp3) is 0.429. The Morgan fingerprint density at radius 2 is 2.36 bits per heavy atom. The van der Waals surface area contributed by atoms with Crippen LogP contribution in [0.3, 0.4) is 0 Å². The minimum absolute atomic E-state index is 0.463. The second-order valence-electron chi connectivity index (χ2n) is 2.24. The molecule has 1 aliphatic carbocycles. The Bertz CT molecular complexity index is 189. The van der Waals surface area contributed by atoms with Gasteiger partial charge in [0.25, 0.3) is 0 Å². The van der Waals surface area contributed by atoms with E-state index in [0.29, 0.717) is 12.1 Å².